The van der Waals surface area contributed by atoms with Gasteiger partial charge in [0.25, 0.3) is 0 Å². The van der Waals surface area contributed by atoms with E-state index in [0.717, 1.165) is 41.9 Å². The molecule has 5 rings (SSSR count). The minimum absolute atomic E-state index is 0.0474. The fourth-order valence-electron chi connectivity index (χ4n) is 5.05. The van der Waals surface area contributed by atoms with Gasteiger partial charge >= 0.3 is 6.09 Å². The number of carbonyl (C=O) groups is 1. The maximum atomic E-state index is 14.4. The van der Waals surface area contributed by atoms with Gasteiger partial charge in [0, 0.05) is 49.4 Å². The lowest BCUT2D eigenvalue weighted by Crippen LogP contribution is -2.42. The Morgan fingerprint density at radius 2 is 1.95 bits per heavy atom. The number of rotatable bonds is 5. The van der Waals surface area contributed by atoms with Crippen LogP contribution in [0.3, 0.4) is 0 Å². The van der Waals surface area contributed by atoms with Crippen LogP contribution in [0.1, 0.15) is 44.9 Å². The second kappa shape index (κ2) is 10.7. The highest BCUT2D eigenvalue weighted by molar-refractivity contribution is 5.68. The molecule has 10 nitrogen and oxygen atoms in total. The average molecular weight is 527 g/mol. The van der Waals surface area contributed by atoms with Crippen LogP contribution in [0.15, 0.2) is 24.7 Å². The Kier molecular flexibility index (Phi) is 7.38. The van der Waals surface area contributed by atoms with Crippen molar-refractivity contribution in [1.82, 2.24) is 29.4 Å². The molecule has 1 fully saturated rings. The lowest BCUT2D eigenvalue weighted by molar-refractivity contribution is 0.0177. The Bertz CT molecular complexity index is 1290. The van der Waals surface area contributed by atoms with Gasteiger partial charge in [0.2, 0.25) is 5.88 Å². The average Bonchev–Trinajstić information content (AvgIpc) is 3.40. The molecule has 2 aliphatic heterocycles. The van der Waals surface area contributed by atoms with Gasteiger partial charge in [0.15, 0.2) is 5.82 Å². The standard InChI is InChI=1S/C27H35FN6O4/c1-27(2,3)38-26(35)32-9-5-18(6-10-32)16-33-17-19(14-30-33)24-21-7-11-37-12-8-23(21)34(31-24)20-13-22(28)25(36-4)29-15-20/h13-15,17-18H,5-12,16H2,1-4H3. The third-order valence-corrected chi connectivity index (χ3v) is 6.92. The Balaban J connectivity index is 1.32. The zero-order valence-electron chi connectivity index (χ0n) is 22.4. The quantitative estimate of drug-likeness (QED) is 0.495. The topological polar surface area (TPSA) is 96.5 Å². The van der Waals surface area contributed by atoms with Gasteiger partial charge in [-0.1, -0.05) is 0 Å². The molecule has 3 aromatic rings. The summed E-state index contributed by atoms with van der Waals surface area (Å²) < 4.78 is 34.4. The van der Waals surface area contributed by atoms with Crippen molar-refractivity contribution in [2.24, 2.45) is 5.92 Å². The molecular formula is C27H35FN6O4. The van der Waals surface area contributed by atoms with Gasteiger partial charge in [-0.2, -0.15) is 10.2 Å². The van der Waals surface area contributed by atoms with Crippen molar-refractivity contribution >= 4 is 6.09 Å². The van der Waals surface area contributed by atoms with E-state index < -0.39 is 11.4 Å². The van der Waals surface area contributed by atoms with Crippen LogP contribution in [0.25, 0.3) is 16.9 Å². The molecule has 0 radical (unpaired) electrons. The normalized spacial score (nSPS) is 16.7. The number of piperidine rings is 1. The highest BCUT2D eigenvalue weighted by Gasteiger charge is 2.28. The minimum Gasteiger partial charge on any atom is -0.479 e. The summed E-state index contributed by atoms with van der Waals surface area (Å²) in [6.07, 6.45) is 8.35. The summed E-state index contributed by atoms with van der Waals surface area (Å²) >= 11 is 0. The number of aromatic nitrogens is 5. The van der Waals surface area contributed by atoms with Crippen molar-refractivity contribution in [2.45, 2.75) is 58.6 Å². The SMILES string of the molecule is COc1ncc(-n2nc(-c3cnn(CC4CCN(C(=O)OC(C)(C)C)CC4)c3)c3c2CCOCC3)cc1F. The van der Waals surface area contributed by atoms with Crippen LogP contribution in [0.2, 0.25) is 0 Å². The maximum Gasteiger partial charge on any atom is 0.410 e. The molecule has 1 saturated heterocycles. The van der Waals surface area contributed by atoms with E-state index in [2.05, 4.69) is 10.1 Å². The summed E-state index contributed by atoms with van der Waals surface area (Å²) in [6.45, 7) is 8.95. The van der Waals surface area contributed by atoms with Crippen molar-refractivity contribution in [3.8, 4) is 22.8 Å². The Morgan fingerprint density at radius 1 is 1.18 bits per heavy atom. The van der Waals surface area contributed by atoms with Crippen molar-refractivity contribution in [2.75, 3.05) is 33.4 Å². The van der Waals surface area contributed by atoms with E-state index >= 15 is 0 Å². The fraction of sp³-hybridized carbons (Fsp3) is 0.556. The highest BCUT2D eigenvalue weighted by atomic mass is 19.1. The van der Waals surface area contributed by atoms with Crippen molar-refractivity contribution in [3.05, 3.63) is 41.7 Å². The van der Waals surface area contributed by atoms with Crippen molar-refractivity contribution in [1.29, 1.82) is 0 Å². The first kappa shape index (κ1) is 26.1. The van der Waals surface area contributed by atoms with E-state index in [1.165, 1.54) is 13.2 Å². The zero-order chi connectivity index (χ0) is 26.9. The van der Waals surface area contributed by atoms with Crippen LogP contribution in [-0.2, 0) is 28.9 Å². The molecule has 38 heavy (non-hydrogen) atoms. The first-order chi connectivity index (χ1) is 18.2. The predicted octanol–water partition coefficient (Wildman–Crippen LogP) is 4.04. The lowest BCUT2D eigenvalue weighted by Gasteiger charge is -2.33. The molecule has 11 heteroatoms. The van der Waals surface area contributed by atoms with Gasteiger partial charge < -0.3 is 19.1 Å². The van der Waals surface area contributed by atoms with Gasteiger partial charge in [-0.05, 0) is 46.0 Å². The summed E-state index contributed by atoms with van der Waals surface area (Å²) in [5, 5.41) is 9.51. The number of carbonyl (C=O) groups excluding carboxylic acids is 1. The second-order valence-electron chi connectivity index (χ2n) is 10.8. The minimum atomic E-state index is -0.536. The molecule has 0 aliphatic carbocycles. The van der Waals surface area contributed by atoms with E-state index in [0.29, 0.717) is 50.8 Å². The van der Waals surface area contributed by atoms with Crippen LogP contribution >= 0.6 is 0 Å². The van der Waals surface area contributed by atoms with E-state index in [1.54, 1.807) is 15.8 Å². The molecule has 0 atom stereocenters. The summed E-state index contributed by atoms with van der Waals surface area (Å²) in [5.41, 5.74) is 3.86. The number of likely N-dealkylation sites (tertiary alicyclic amines) is 1. The van der Waals surface area contributed by atoms with Crippen LogP contribution in [-0.4, -0.2) is 74.6 Å². The summed E-state index contributed by atoms with van der Waals surface area (Å²) in [6, 6.07) is 1.39. The Hall–Kier alpha value is -3.47. The molecule has 1 amide bonds. The van der Waals surface area contributed by atoms with E-state index in [9.17, 15) is 9.18 Å². The molecule has 0 bridgehead atoms. The van der Waals surface area contributed by atoms with E-state index in [-0.39, 0.29) is 12.0 Å². The number of halogens is 1. The number of hydrogen-bond acceptors (Lipinski definition) is 7. The van der Waals surface area contributed by atoms with Crippen molar-refractivity contribution in [3.63, 3.8) is 0 Å². The van der Waals surface area contributed by atoms with Crippen LogP contribution in [0.5, 0.6) is 5.88 Å². The molecule has 0 aromatic carbocycles. The number of fused-ring (bicyclic) bond motifs is 1. The molecule has 2 aliphatic rings. The summed E-state index contributed by atoms with van der Waals surface area (Å²) in [5.74, 6) is -0.169. The molecule has 0 N–H and O–H groups in total. The van der Waals surface area contributed by atoms with Gasteiger partial charge in [-0.25, -0.2) is 18.9 Å². The van der Waals surface area contributed by atoms with E-state index in [1.807, 2.05) is 37.8 Å². The molecule has 0 unspecified atom stereocenters. The van der Waals surface area contributed by atoms with Crippen LogP contribution in [0, 0.1) is 11.7 Å². The summed E-state index contributed by atoms with van der Waals surface area (Å²) in [4.78, 5) is 18.3. The molecule has 0 spiro atoms. The van der Waals surface area contributed by atoms with Gasteiger partial charge in [0.1, 0.15) is 5.60 Å². The smallest absolute Gasteiger partial charge is 0.410 e. The molecule has 204 valence electrons. The monoisotopic (exact) mass is 526 g/mol. The number of ether oxygens (including phenoxy) is 3. The predicted molar refractivity (Wildman–Crippen MR) is 138 cm³/mol. The largest absolute Gasteiger partial charge is 0.479 e. The highest BCUT2D eigenvalue weighted by Crippen LogP contribution is 2.31. The third-order valence-electron chi connectivity index (χ3n) is 6.92. The zero-order valence-corrected chi connectivity index (χ0v) is 22.4. The first-order valence-electron chi connectivity index (χ1n) is 13.1. The fourth-order valence-corrected chi connectivity index (χ4v) is 5.05. The number of amides is 1. The van der Waals surface area contributed by atoms with Gasteiger partial charge in [-0.15, -0.1) is 0 Å². The second-order valence-corrected chi connectivity index (χ2v) is 10.8. The van der Waals surface area contributed by atoms with E-state index in [4.69, 9.17) is 19.3 Å². The molecule has 3 aromatic heterocycles. The first-order valence-corrected chi connectivity index (χ1v) is 13.1. The molecule has 0 saturated carbocycles. The van der Waals surface area contributed by atoms with Gasteiger partial charge in [0.05, 0.1) is 49.8 Å². The molecular weight excluding hydrogens is 491 g/mol. The maximum absolute atomic E-state index is 14.4. The van der Waals surface area contributed by atoms with Crippen molar-refractivity contribution < 1.29 is 23.4 Å². The number of hydrogen-bond donors (Lipinski definition) is 0. The number of pyridine rings is 1. The number of methoxy groups -OCH3 is 1. The molecule has 5 heterocycles. The Labute approximate surface area is 221 Å². The number of nitrogens with zero attached hydrogens (tertiary/aromatic N) is 6. The summed E-state index contributed by atoms with van der Waals surface area (Å²) in [7, 11) is 1.39. The van der Waals surface area contributed by atoms with Crippen LogP contribution in [0.4, 0.5) is 9.18 Å². The Morgan fingerprint density at radius 3 is 2.66 bits per heavy atom. The van der Waals surface area contributed by atoms with Crippen LogP contribution < -0.4 is 4.74 Å². The third kappa shape index (κ3) is 5.67. The van der Waals surface area contributed by atoms with Gasteiger partial charge in [-0.3, -0.25) is 4.68 Å². The lowest BCUT2D eigenvalue weighted by atomic mass is 9.97.